The number of rotatable bonds is 3. The summed E-state index contributed by atoms with van der Waals surface area (Å²) in [5.74, 6) is -0.225. The monoisotopic (exact) mass is 278 g/mol. The summed E-state index contributed by atoms with van der Waals surface area (Å²) < 4.78 is 14.0. The molecular formula is C9H8FIO. The highest BCUT2D eigenvalue weighted by molar-refractivity contribution is 14.1. The van der Waals surface area contributed by atoms with Gasteiger partial charge in [0.15, 0.2) is 0 Å². The quantitative estimate of drug-likeness (QED) is 0.613. The van der Waals surface area contributed by atoms with Gasteiger partial charge in [0.25, 0.3) is 0 Å². The summed E-state index contributed by atoms with van der Waals surface area (Å²) >= 11 is 2.12. The lowest BCUT2D eigenvalue weighted by Crippen LogP contribution is -1.91. The predicted molar refractivity (Wildman–Crippen MR) is 53.5 cm³/mol. The Morgan fingerprint density at radius 2 is 2.25 bits per heavy atom. The number of aryl methyl sites for hydroxylation is 1. The molecule has 0 saturated carbocycles. The molecule has 0 unspecified atom stereocenters. The van der Waals surface area contributed by atoms with Gasteiger partial charge in [-0.2, -0.15) is 0 Å². The third-order valence-corrected chi connectivity index (χ3v) is 2.21. The van der Waals surface area contributed by atoms with Gasteiger partial charge in [0.1, 0.15) is 12.1 Å². The normalized spacial score (nSPS) is 9.83. The third kappa shape index (κ3) is 2.55. The number of aldehydes is 1. The van der Waals surface area contributed by atoms with Gasteiger partial charge in [0.05, 0.1) is 0 Å². The summed E-state index contributed by atoms with van der Waals surface area (Å²) in [5, 5.41) is 0. The standard InChI is InChI=1S/C9H8FIO/c10-9-4-3-8(11)6-7(9)2-1-5-12/h3-6H,1-2H2. The molecule has 0 heterocycles. The van der Waals surface area contributed by atoms with Crippen LogP contribution in [0.3, 0.4) is 0 Å². The lowest BCUT2D eigenvalue weighted by atomic mass is 10.1. The first kappa shape index (κ1) is 9.64. The lowest BCUT2D eigenvalue weighted by molar-refractivity contribution is -0.107. The molecule has 0 aromatic heterocycles. The molecule has 0 aliphatic carbocycles. The number of halogens is 2. The molecule has 0 N–H and O–H groups in total. The Morgan fingerprint density at radius 1 is 1.50 bits per heavy atom. The van der Waals surface area contributed by atoms with Crippen molar-refractivity contribution in [2.75, 3.05) is 0 Å². The van der Waals surface area contributed by atoms with Crippen LogP contribution >= 0.6 is 22.6 Å². The highest BCUT2D eigenvalue weighted by atomic mass is 127. The van der Waals surface area contributed by atoms with Crippen LogP contribution in [0.15, 0.2) is 18.2 Å². The van der Waals surface area contributed by atoms with Gasteiger partial charge in [-0.3, -0.25) is 0 Å². The molecule has 1 aromatic carbocycles. The summed E-state index contributed by atoms with van der Waals surface area (Å²) in [6.45, 7) is 0. The minimum Gasteiger partial charge on any atom is -0.303 e. The van der Waals surface area contributed by atoms with Gasteiger partial charge in [0.2, 0.25) is 0 Å². The van der Waals surface area contributed by atoms with Crippen LogP contribution in [0.2, 0.25) is 0 Å². The maximum absolute atomic E-state index is 13.0. The first-order chi connectivity index (χ1) is 5.74. The molecule has 3 heteroatoms. The maximum Gasteiger partial charge on any atom is 0.126 e. The zero-order chi connectivity index (χ0) is 8.97. The Labute approximate surface area is 84.1 Å². The Balaban J connectivity index is 2.82. The number of hydrogen-bond acceptors (Lipinski definition) is 1. The van der Waals surface area contributed by atoms with E-state index in [1.165, 1.54) is 6.07 Å². The second-order valence-electron chi connectivity index (χ2n) is 2.44. The van der Waals surface area contributed by atoms with Crippen molar-refractivity contribution in [3.63, 3.8) is 0 Å². The van der Waals surface area contributed by atoms with E-state index in [0.29, 0.717) is 18.4 Å². The molecule has 0 atom stereocenters. The number of hydrogen-bond donors (Lipinski definition) is 0. The van der Waals surface area contributed by atoms with Gasteiger partial charge in [-0.1, -0.05) is 0 Å². The lowest BCUT2D eigenvalue weighted by Gasteiger charge is -2.00. The van der Waals surface area contributed by atoms with Gasteiger partial charge in [-0.25, -0.2) is 4.39 Å². The van der Waals surface area contributed by atoms with Gasteiger partial charge in [0, 0.05) is 9.99 Å². The number of carbonyl (C=O) groups is 1. The van der Waals surface area contributed by atoms with Crippen molar-refractivity contribution in [2.45, 2.75) is 12.8 Å². The molecule has 0 spiro atoms. The fourth-order valence-corrected chi connectivity index (χ4v) is 1.51. The van der Waals surface area contributed by atoms with Crippen molar-refractivity contribution in [2.24, 2.45) is 0 Å². The van der Waals surface area contributed by atoms with Crippen LogP contribution in [0.25, 0.3) is 0 Å². The molecule has 0 radical (unpaired) electrons. The summed E-state index contributed by atoms with van der Waals surface area (Å²) in [6.07, 6.45) is 1.68. The van der Waals surface area contributed by atoms with E-state index < -0.39 is 0 Å². The van der Waals surface area contributed by atoms with Crippen molar-refractivity contribution < 1.29 is 9.18 Å². The Morgan fingerprint density at radius 3 is 2.92 bits per heavy atom. The van der Waals surface area contributed by atoms with E-state index in [1.54, 1.807) is 12.1 Å². The molecule has 64 valence electrons. The van der Waals surface area contributed by atoms with Gasteiger partial charge >= 0.3 is 0 Å². The molecule has 0 saturated heterocycles. The average molecular weight is 278 g/mol. The second-order valence-corrected chi connectivity index (χ2v) is 3.69. The van der Waals surface area contributed by atoms with E-state index in [4.69, 9.17) is 0 Å². The van der Waals surface area contributed by atoms with Crippen molar-refractivity contribution in [3.05, 3.63) is 33.1 Å². The van der Waals surface area contributed by atoms with Gasteiger partial charge in [-0.05, 0) is 52.8 Å². The molecule has 0 fully saturated rings. The predicted octanol–water partition coefficient (Wildman–Crippen LogP) is 2.56. The Kier molecular flexibility index (Phi) is 3.65. The van der Waals surface area contributed by atoms with Crippen LogP contribution in [0, 0.1) is 9.39 Å². The average Bonchev–Trinajstić information content (AvgIpc) is 2.07. The molecule has 1 nitrogen and oxygen atoms in total. The number of carbonyl (C=O) groups excluding carboxylic acids is 1. The molecule has 1 rings (SSSR count). The largest absolute Gasteiger partial charge is 0.303 e. The SMILES string of the molecule is O=CCCc1cc(I)ccc1F. The van der Waals surface area contributed by atoms with Gasteiger partial charge in [-0.15, -0.1) is 0 Å². The van der Waals surface area contributed by atoms with Crippen LogP contribution in [0.1, 0.15) is 12.0 Å². The molecule has 0 bridgehead atoms. The van der Waals surface area contributed by atoms with E-state index in [2.05, 4.69) is 22.6 Å². The van der Waals surface area contributed by atoms with Crippen LogP contribution in [-0.4, -0.2) is 6.29 Å². The summed E-state index contributed by atoms with van der Waals surface area (Å²) in [5.41, 5.74) is 0.619. The second kappa shape index (κ2) is 4.54. The summed E-state index contributed by atoms with van der Waals surface area (Å²) in [7, 11) is 0. The zero-order valence-electron chi connectivity index (χ0n) is 6.39. The van der Waals surface area contributed by atoms with Crippen molar-refractivity contribution in [1.82, 2.24) is 0 Å². The molecule has 0 amide bonds. The van der Waals surface area contributed by atoms with Crippen molar-refractivity contribution in [3.8, 4) is 0 Å². The van der Waals surface area contributed by atoms with E-state index in [0.717, 1.165) is 9.86 Å². The van der Waals surface area contributed by atoms with Crippen LogP contribution in [0.5, 0.6) is 0 Å². The van der Waals surface area contributed by atoms with Crippen LogP contribution in [-0.2, 0) is 11.2 Å². The van der Waals surface area contributed by atoms with E-state index >= 15 is 0 Å². The first-order valence-electron chi connectivity index (χ1n) is 3.61. The number of benzene rings is 1. The van der Waals surface area contributed by atoms with Crippen molar-refractivity contribution >= 4 is 28.9 Å². The summed E-state index contributed by atoms with van der Waals surface area (Å²) in [6, 6.07) is 4.90. The molecule has 1 aromatic rings. The fourth-order valence-electron chi connectivity index (χ4n) is 0.949. The molecule has 0 aliphatic rings. The highest BCUT2D eigenvalue weighted by Crippen LogP contribution is 2.13. The minimum atomic E-state index is -0.225. The first-order valence-corrected chi connectivity index (χ1v) is 4.69. The van der Waals surface area contributed by atoms with Crippen molar-refractivity contribution in [1.29, 1.82) is 0 Å². The minimum absolute atomic E-state index is 0.225. The van der Waals surface area contributed by atoms with E-state index in [1.807, 2.05) is 0 Å². The maximum atomic E-state index is 13.0. The summed E-state index contributed by atoms with van der Waals surface area (Å²) in [4.78, 5) is 10.1. The van der Waals surface area contributed by atoms with E-state index in [9.17, 15) is 9.18 Å². The van der Waals surface area contributed by atoms with Gasteiger partial charge < -0.3 is 4.79 Å². The third-order valence-electron chi connectivity index (χ3n) is 1.54. The van der Waals surface area contributed by atoms with Crippen LogP contribution in [0.4, 0.5) is 4.39 Å². The molecule has 0 aliphatic heterocycles. The van der Waals surface area contributed by atoms with E-state index in [-0.39, 0.29) is 5.82 Å². The van der Waals surface area contributed by atoms with Crippen LogP contribution < -0.4 is 0 Å². The molecule has 12 heavy (non-hydrogen) atoms. The highest BCUT2D eigenvalue weighted by Gasteiger charge is 2.01. The Hall–Kier alpha value is -0.450. The Bertz CT molecular complexity index is 286. The zero-order valence-corrected chi connectivity index (χ0v) is 8.55. The smallest absolute Gasteiger partial charge is 0.126 e. The topological polar surface area (TPSA) is 17.1 Å². The fraction of sp³-hybridized carbons (Fsp3) is 0.222. The molecular weight excluding hydrogens is 270 g/mol.